The van der Waals surface area contributed by atoms with Gasteiger partial charge < -0.3 is 15.0 Å². The normalized spacial score (nSPS) is 21.8. The smallest absolute Gasteiger partial charge is 0.0478 e. The molecule has 1 N–H and O–H groups in total. The minimum absolute atomic E-state index is 0.280. The minimum atomic E-state index is 0.280. The number of hydrogen-bond donors (Lipinski definition) is 1. The summed E-state index contributed by atoms with van der Waals surface area (Å²) in [6, 6.07) is 0. The summed E-state index contributed by atoms with van der Waals surface area (Å²) in [4.78, 5) is 2.53. The maximum absolute atomic E-state index is 5.48. The van der Waals surface area contributed by atoms with Gasteiger partial charge >= 0.3 is 0 Å². The van der Waals surface area contributed by atoms with Gasteiger partial charge in [0, 0.05) is 44.9 Å². The molecule has 1 heterocycles. The Balaban J connectivity index is 2.05. The third-order valence-corrected chi connectivity index (χ3v) is 2.76. The molecule has 90 valence electrons. The van der Waals surface area contributed by atoms with Gasteiger partial charge in [0.2, 0.25) is 0 Å². The van der Waals surface area contributed by atoms with Crippen molar-refractivity contribution in [3.05, 3.63) is 0 Å². The molecule has 0 spiro atoms. The predicted molar refractivity (Wildman–Crippen MR) is 64.2 cm³/mol. The first kappa shape index (κ1) is 12.9. The first-order valence-electron chi connectivity index (χ1n) is 6.19. The minimum Gasteiger partial charge on any atom is -0.381 e. The van der Waals surface area contributed by atoms with E-state index in [9.17, 15) is 0 Å². The topological polar surface area (TPSA) is 24.5 Å². The van der Waals surface area contributed by atoms with Crippen LogP contribution in [0.5, 0.6) is 0 Å². The van der Waals surface area contributed by atoms with Crippen LogP contribution in [0.15, 0.2) is 0 Å². The first-order chi connectivity index (χ1) is 7.14. The van der Waals surface area contributed by atoms with Gasteiger partial charge in [-0.15, -0.1) is 0 Å². The standard InChI is InChI=1S/C12H26N2O/c1-4-9-15-10-5-7-14-8-6-13-12(2,3)11-14/h13H,4-11H2,1-3H3. The Kier molecular flexibility index (Phi) is 5.58. The van der Waals surface area contributed by atoms with Crippen LogP contribution in [0.25, 0.3) is 0 Å². The molecule has 1 aliphatic heterocycles. The Labute approximate surface area is 94.2 Å². The van der Waals surface area contributed by atoms with Crippen molar-refractivity contribution in [1.82, 2.24) is 10.2 Å². The molecule has 3 nitrogen and oxygen atoms in total. The van der Waals surface area contributed by atoms with Crippen molar-refractivity contribution in [2.24, 2.45) is 0 Å². The van der Waals surface area contributed by atoms with E-state index in [-0.39, 0.29) is 5.54 Å². The average molecular weight is 214 g/mol. The summed E-state index contributed by atoms with van der Waals surface area (Å²) >= 11 is 0. The lowest BCUT2D eigenvalue weighted by atomic mass is 10.0. The lowest BCUT2D eigenvalue weighted by Crippen LogP contribution is -2.57. The van der Waals surface area contributed by atoms with Crippen molar-refractivity contribution in [2.75, 3.05) is 39.4 Å². The number of ether oxygens (including phenoxy) is 1. The Morgan fingerprint density at radius 2 is 2.13 bits per heavy atom. The van der Waals surface area contributed by atoms with E-state index in [4.69, 9.17) is 4.74 Å². The van der Waals surface area contributed by atoms with Gasteiger partial charge in [-0.25, -0.2) is 0 Å². The molecule has 1 rings (SSSR count). The van der Waals surface area contributed by atoms with Crippen LogP contribution in [-0.4, -0.2) is 49.8 Å². The SMILES string of the molecule is CCCOCCCN1CCNC(C)(C)C1. The van der Waals surface area contributed by atoms with Crippen LogP contribution in [0, 0.1) is 0 Å². The molecule has 1 saturated heterocycles. The van der Waals surface area contributed by atoms with Crippen molar-refractivity contribution in [3.8, 4) is 0 Å². The maximum atomic E-state index is 5.48. The molecule has 0 amide bonds. The summed E-state index contributed by atoms with van der Waals surface area (Å²) in [6.45, 7) is 13.1. The Hall–Kier alpha value is -0.120. The van der Waals surface area contributed by atoms with E-state index in [2.05, 4.69) is 31.0 Å². The first-order valence-corrected chi connectivity index (χ1v) is 6.19. The summed E-state index contributed by atoms with van der Waals surface area (Å²) in [7, 11) is 0. The summed E-state index contributed by atoms with van der Waals surface area (Å²) in [5, 5.41) is 3.53. The Morgan fingerprint density at radius 1 is 1.33 bits per heavy atom. The summed E-state index contributed by atoms with van der Waals surface area (Å²) in [5.41, 5.74) is 0.280. The van der Waals surface area contributed by atoms with Crippen molar-refractivity contribution < 1.29 is 4.74 Å². The van der Waals surface area contributed by atoms with Gasteiger partial charge in [0.25, 0.3) is 0 Å². The Bertz CT molecular complexity index is 171. The molecule has 3 heteroatoms. The monoisotopic (exact) mass is 214 g/mol. The number of nitrogens with one attached hydrogen (secondary N) is 1. The zero-order valence-electron chi connectivity index (χ0n) is 10.5. The van der Waals surface area contributed by atoms with Gasteiger partial charge in [0.15, 0.2) is 0 Å². The largest absolute Gasteiger partial charge is 0.381 e. The average Bonchev–Trinajstić information content (AvgIpc) is 2.16. The lowest BCUT2D eigenvalue weighted by Gasteiger charge is -2.39. The molecule has 0 saturated carbocycles. The van der Waals surface area contributed by atoms with E-state index in [0.717, 1.165) is 39.1 Å². The second-order valence-corrected chi connectivity index (χ2v) is 5.05. The van der Waals surface area contributed by atoms with Gasteiger partial charge in [-0.05, 0) is 26.7 Å². The molecule has 0 aliphatic carbocycles. The van der Waals surface area contributed by atoms with E-state index < -0.39 is 0 Å². The third kappa shape index (κ3) is 5.50. The molecule has 0 unspecified atom stereocenters. The summed E-state index contributed by atoms with van der Waals surface area (Å²) < 4.78 is 5.48. The number of nitrogens with zero attached hydrogens (tertiary/aromatic N) is 1. The summed E-state index contributed by atoms with van der Waals surface area (Å²) in [6.07, 6.45) is 2.29. The van der Waals surface area contributed by atoms with Crippen LogP contribution in [0.4, 0.5) is 0 Å². The second kappa shape index (κ2) is 6.46. The highest BCUT2D eigenvalue weighted by atomic mass is 16.5. The zero-order valence-corrected chi connectivity index (χ0v) is 10.5. The Morgan fingerprint density at radius 3 is 2.80 bits per heavy atom. The van der Waals surface area contributed by atoms with Gasteiger partial charge in [-0.2, -0.15) is 0 Å². The van der Waals surface area contributed by atoms with Crippen LogP contribution in [0.3, 0.4) is 0 Å². The fraction of sp³-hybridized carbons (Fsp3) is 1.00. The molecule has 0 bridgehead atoms. The van der Waals surface area contributed by atoms with Gasteiger partial charge in [0.1, 0.15) is 0 Å². The third-order valence-electron chi connectivity index (χ3n) is 2.76. The number of rotatable bonds is 6. The molecule has 0 aromatic rings. The van der Waals surface area contributed by atoms with Crippen LogP contribution in [0.2, 0.25) is 0 Å². The highest BCUT2D eigenvalue weighted by molar-refractivity contribution is 4.86. The van der Waals surface area contributed by atoms with Gasteiger partial charge in [0.05, 0.1) is 0 Å². The molecule has 0 radical (unpaired) electrons. The molecular formula is C12H26N2O. The number of piperazine rings is 1. The predicted octanol–water partition coefficient (Wildman–Crippen LogP) is 1.49. The maximum Gasteiger partial charge on any atom is 0.0478 e. The van der Waals surface area contributed by atoms with Crippen molar-refractivity contribution >= 4 is 0 Å². The molecule has 0 aromatic heterocycles. The van der Waals surface area contributed by atoms with Crippen LogP contribution in [0.1, 0.15) is 33.6 Å². The van der Waals surface area contributed by atoms with E-state index in [1.165, 1.54) is 13.1 Å². The van der Waals surface area contributed by atoms with E-state index in [1.807, 2.05) is 0 Å². The molecule has 1 fully saturated rings. The highest BCUT2D eigenvalue weighted by Gasteiger charge is 2.24. The van der Waals surface area contributed by atoms with Crippen molar-refractivity contribution in [3.63, 3.8) is 0 Å². The quantitative estimate of drug-likeness (QED) is 0.678. The number of hydrogen-bond acceptors (Lipinski definition) is 3. The second-order valence-electron chi connectivity index (χ2n) is 5.05. The van der Waals surface area contributed by atoms with Crippen LogP contribution >= 0.6 is 0 Å². The zero-order chi connectivity index (χ0) is 11.1. The fourth-order valence-corrected chi connectivity index (χ4v) is 2.07. The van der Waals surface area contributed by atoms with Gasteiger partial charge in [-0.3, -0.25) is 0 Å². The van der Waals surface area contributed by atoms with E-state index in [1.54, 1.807) is 0 Å². The summed E-state index contributed by atoms with van der Waals surface area (Å²) in [5.74, 6) is 0. The molecule has 0 aromatic carbocycles. The lowest BCUT2D eigenvalue weighted by molar-refractivity contribution is 0.105. The molecule has 0 atom stereocenters. The van der Waals surface area contributed by atoms with Crippen molar-refractivity contribution in [2.45, 2.75) is 39.2 Å². The van der Waals surface area contributed by atoms with Crippen LogP contribution in [-0.2, 0) is 4.74 Å². The fourth-order valence-electron chi connectivity index (χ4n) is 2.07. The van der Waals surface area contributed by atoms with Crippen molar-refractivity contribution in [1.29, 1.82) is 0 Å². The highest BCUT2D eigenvalue weighted by Crippen LogP contribution is 2.10. The van der Waals surface area contributed by atoms with Crippen LogP contribution < -0.4 is 5.32 Å². The van der Waals surface area contributed by atoms with Gasteiger partial charge in [-0.1, -0.05) is 6.92 Å². The molecule has 1 aliphatic rings. The molecular weight excluding hydrogens is 188 g/mol. The van der Waals surface area contributed by atoms with E-state index >= 15 is 0 Å². The molecule has 15 heavy (non-hydrogen) atoms. The van der Waals surface area contributed by atoms with E-state index in [0.29, 0.717) is 0 Å².